The lowest BCUT2D eigenvalue weighted by molar-refractivity contribution is 0.0754. The molecule has 1 amide bonds. The number of hydrogen-bond donors (Lipinski definition) is 1. The van der Waals surface area contributed by atoms with Gasteiger partial charge >= 0.3 is 0 Å². The zero-order valence-corrected chi connectivity index (χ0v) is 18.0. The van der Waals surface area contributed by atoms with Crippen LogP contribution in [0.5, 0.6) is 0 Å². The largest absolute Gasteiger partial charge is 0.336 e. The van der Waals surface area contributed by atoms with Gasteiger partial charge in [-0.2, -0.15) is 5.10 Å². The lowest BCUT2D eigenvalue weighted by Crippen LogP contribution is -2.37. The van der Waals surface area contributed by atoms with Crippen molar-refractivity contribution >= 4 is 5.91 Å². The molecule has 0 spiro atoms. The molecular formula is C23H32FN5O. The van der Waals surface area contributed by atoms with Crippen molar-refractivity contribution in [3.05, 3.63) is 52.6 Å². The Morgan fingerprint density at radius 1 is 1.20 bits per heavy atom. The summed E-state index contributed by atoms with van der Waals surface area (Å²) < 4.78 is 15.2. The summed E-state index contributed by atoms with van der Waals surface area (Å²) >= 11 is 0. The Hall–Kier alpha value is -2.25. The first kappa shape index (κ1) is 21.0. The van der Waals surface area contributed by atoms with Crippen molar-refractivity contribution in [1.82, 2.24) is 24.9 Å². The Labute approximate surface area is 178 Å². The molecule has 2 aromatic rings. The molecule has 4 rings (SSSR count). The van der Waals surface area contributed by atoms with E-state index in [9.17, 15) is 9.18 Å². The van der Waals surface area contributed by atoms with Crippen LogP contribution in [-0.4, -0.2) is 64.8 Å². The van der Waals surface area contributed by atoms with E-state index in [1.165, 1.54) is 17.8 Å². The Balaban J connectivity index is 1.48. The monoisotopic (exact) mass is 413 g/mol. The zero-order chi connectivity index (χ0) is 21.1. The molecule has 6 nitrogen and oxygen atoms in total. The average Bonchev–Trinajstić information content (AvgIpc) is 2.98. The topological polar surface area (TPSA) is 53.4 Å². The highest BCUT2D eigenvalue weighted by Gasteiger charge is 2.31. The number of hydrogen-bond acceptors (Lipinski definition) is 4. The maximum atomic E-state index is 13.4. The summed E-state index contributed by atoms with van der Waals surface area (Å²) in [5.74, 6) is -0.135. The third-order valence-electron chi connectivity index (χ3n) is 6.36. The summed E-state index contributed by atoms with van der Waals surface area (Å²) in [5, 5.41) is 8.34. The maximum Gasteiger partial charge on any atom is 0.274 e. The van der Waals surface area contributed by atoms with Crippen molar-refractivity contribution < 1.29 is 9.18 Å². The molecule has 1 N–H and O–H groups in total. The second kappa shape index (κ2) is 9.27. The number of aromatic nitrogens is 2. The molecule has 162 valence electrons. The van der Waals surface area contributed by atoms with E-state index >= 15 is 0 Å². The molecule has 2 aliphatic rings. The highest BCUT2D eigenvalue weighted by Crippen LogP contribution is 2.26. The Kier molecular flexibility index (Phi) is 6.49. The number of aryl methyl sites for hydroxylation is 1. The van der Waals surface area contributed by atoms with Gasteiger partial charge in [-0.15, -0.1) is 0 Å². The smallest absolute Gasteiger partial charge is 0.274 e. The van der Waals surface area contributed by atoms with E-state index in [0.717, 1.165) is 69.5 Å². The number of halogens is 1. The Bertz CT molecular complexity index is 878. The number of carbonyl (C=O) groups excluding carboxylic acids is 1. The number of carbonyl (C=O) groups is 1. The van der Waals surface area contributed by atoms with Crippen molar-refractivity contribution in [2.24, 2.45) is 0 Å². The summed E-state index contributed by atoms with van der Waals surface area (Å²) in [5.41, 5.74) is 4.04. The molecule has 1 atom stereocenters. The SMILES string of the molecule is CCn1nc(C(=O)N2CCCN(C)CC2)c2c1CCC(NCc1ccc(F)cc1)C2. The first-order valence-electron chi connectivity index (χ1n) is 11.1. The van der Waals surface area contributed by atoms with Crippen molar-refractivity contribution in [2.75, 3.05) is 33.2 Å². The summed E-state index contributed by atoms with van der Waals surface area (Å²) in [6.45, 7) is 7.06. The predicted molar refractivity (Wildman–Crippen MR) is 115 cm³/mol. The van der Waals surface area contributed by atoms with Crippen LogP contribution in [0, 0.1) is 5.82 Å². The molecular weight excluding hydrogens is 381 g/mol. The zero-order valence-electron chi connectivity index (χ0n) is 18.0. The second-order valence-corrected chi connectivity index (χ2v) is 8.49. The number of nitrogens with zero attached hydrogens (tertiary/aromatic N) is 4. The molecule has 7 heteroatoms. The van der Waals surface area contributed by atoms with Gasteiger partial charge in [-0.25, -0.2) is 4.39 Å². The van der Waals surface area contributed by atoms with Crippen LogP contribution < -0.4 is 5.32 Å². The molecule has 1 aromatic heterocycles. The van der Waals surface area contributed by atoms with Crippen LogP contribution >= 0.6 is 0 Å². The molecule has 1 unspecified atom stereocenters. The molecule has 0 bridgehead atoms. The molecule has 1 fully saturated rings. The highest BCUT2D eigenvalue weighted by molar-refractivity contribution is 5.94. The third-order valence-corrected chi connectivity index (χ3v) is 6.36. The Morgan fingerprint density at radius 2 is 2.00 bits per heavy atom. The summed E-state index contributed by atoms with van der Waals surface area (Å²) in [7, 11) is 2.11. The number of likely N-dealkylation sites (N-methyl/N-ethyl adjacent to an activating group) is 1. The Morgan fingerprint density at radius 3 is 2.77 bits per heavy atom. The van der Waals surface area contributed by atoms with E-state index in [0.29, 0.717) is 18.3 Å². The lowest BCUT2D eigenvalue weighted by atomic mass is 9.91. The van der Waals surface area contributed by atoms with Crippen molar-refractivity contribution in [3.63, 3.8) is 0 Å². The van der Waals surface area contributed by atoms with Gasteiger partial charge in [0.05, 0.1) is 0 Å². The number of nitrogens with one attached hydrogen (secondary N) is 1. The van der Waals surface area contributed by atoms with Crippen LogP contribution in [0.4, 0.5) is 4.39 Å². The second-order valence-electron chi connectivity index (χ2n) is 8.49. The van der Waals surface area contributed by atoms with Gasteiger partial charge < -0.3 is 15.1 Å². The fraction of sp³-hybridized carbons (Fsp3) is 0.565. The summed E-state index contributed by atoms with van der Waals surface area (Å²) in [4.78, 5) is 17.6. The standard InChI is InChI=1S/C23H32FN5O/c1-3-29-21-10-9-19(25-16-17-5-7-18(24)8-6-17)15-20(21)22(26-29)23(30)28-12-4-11-27(2)13-14-28/h5-8,19,25H,3-4,9-16H2,1-2H3. The van der Waals surface area contributed by atoms with E-state index < -0.39 is 0 Å². The van der Waals surface area contributed by atoms with Crippen LogP contribution in [0.15, 0.2) is 24.3 Å². The van der Waals surface area contributed by atoms with Gasteiger partial charge in [-0.05, 0) is 63.9 Å². The number of amides is 1. The van der Waals surface area contributed by atoms with Crippen LogP contribution in [0.3, 0.4) is 0 Å². The van der Waals surface area contributed by atoms with E-state index in [1.807, 2.05) is 21.7 Å². The molecule has 1 aliphatic heterocycles. The van der Waals surface area contributed by atoms with Gasteiger partial charge in [0.25, 0.3) is 5.91 Å². The van der Waals surface area contributed by atoms with Crippen molar-refractivity contribution in [3.8, 4) is 0 Å². The van der Waals surface area contributed by atoms with Crippen LogP contribution in [0.1, 0.15) is 47.1 Å². The summed E-state index contributed by atoms with van der Waals surface area (Å²) in [6.07, 6.45) is 3.75. The number of rotatable bonds is 5. The van der Waals surface area contributed by atoms with Crippen LogP contribution in [0.25, 0.3) is 0 Å². The maximum absolute atomic E-state index is 13.4. The molecule has 1 saturated heterocycles. The van der Waals surface area contributed by atoms with E-state index in [-0.39, 0.29) is 11.7 Å². The van der Waals surface area contributed by atoms with Gasteiger partial charge in [-0.3, -0.25) is 9.48 Å². The van der Waals surface area contributed by atoms with Gasteiger partial charge in [0.2, 0.25) is 0 Å². The molecule has 0 radical (unpaired) electrons. The average molecular weight is 414 g/mol. The summed E-state index contributed by atoms with van der Waals surface area (Å²) in [6, 6.07) is 6.92. The van der Waals surface area contributed by atoms with Crippen molar-refractivity contribution in [1.29, 1.82) is 0 Å². The fourth-order valence-corrected chi connectivity index (χ4v) is 4.56. The van der Waals surface area contributed by atoms with Gasteiger partial charge in [-0.1, -0.05) is 12.1 Å². The van der Waals surface area contributed by atoms with Crippen molar-refractivity contribution in [2.45, 2.75) is 51.7 Å². The molecule has 0 saturated carbocycles. The minimum atomic E-state index is -0.212. The van der Waals surface area contributed by atoms with Gasteiger partial charge in [0.15, 0.2) is 5.69 Å². The van der Waals surface area contributed by atoms with Gasteiger partial charge in [0, 0.05) is 50.0 Å². The number of benzene rings is 1. The molecule has 30 heavy (non-hydrogen) atoms. The van der Waals surface area contributed by atoms with E-state index in [1.54, 1.807) is 0 Å². The third kappa shape index (κ3) is 4.57. The van der Waals surface area contributed by atoms with Gasteiger partial charge in [0.1, 0.15) is 5.82 Å². The normalized spacial score (nSPS) is 20.1. The van der Waals surface area contributed by atoms with Crippen LogP contribution in [0.2, 0.25) is 0 Å². The van der Waals surface area contributed by atoms with E-state index in [2.05, 4.69) is 24.2 Å². The fourth-order valence-electron chi connectivity index (χ4n) is 4.56. The van der Waals surface area contributed by atoms with E-state index in [4.69, 9.17) is 5.10 Å². The minimum Gasteiger partial charge on any atom is -0.336 e. The molecule has 1 aromatic carbocycles. The predicted octanol–water partition coefficient (Wildman–Crippen LogP) is 2.47. The quantitative estimate of drug-likeness (QED) is 0.818. The minimum absolute atomic E-state index is 0.0768. The lowest BCUT2D eigenvalue weighted by Gasteiger charge is -2.25. The first-order chi connectivity index (χ1) is 14.5. The highest BCUT2D eigenvalue weighted by atomic mass is 19.1. The number of fused-ring (bicyclic) bond motifs is 1. The molecule has 2 heterocycles. The first-order valence-corrected chi connectivity index (χ1v) is 11.1. The van der Waals surface area contributed by atoms with Crippen LogP contribution in [-0.2, 0) is 25.9 Å². The molecule has 1 aliphatic carbocycles.